The van der Waals surface area contributed by atoms with Crippen molar-refractivity contribution in [2.45, 2.75) is 57.7 Å². The van der Waals surface area contributed by atoms with E-state index in [0.717, 1.165) is 12.3 Å². The first kappa shape index (κ1) is 11.0. The zero-order valence-electron chi connectivity index (χ0n) is 11.0. The average Bonchev–Trinajstić information content (AvgIpc) is 2.73. The molecule has 5 atom stereocenters. The predicted octanol–water partition coefficient (Wildman–Crippen LogP) is 3.95. The van der Waals surface area contributed by atoms with Gasteiger partial charge in [0.2, 0.25) is 0 Å². The van der Waals surface area contributed by atoms with Gasteiger partial charge in [-0.05, 0) is 47.8 Å². The Balaban J connectivity index is 1.91. The SMILES string of the molecule is CC1(C)[C@H](Br)CC[C@]23CC(=O)[C@]4(C)C[C@]12C[C@H]34. The average molecular weight is 297 g/mol. The smallest absolute Gasteiger partial charge is 0.139 e. The van der Waals surface area contributed by atoms with Gasteiger partial charge in [-0.1, -0.05) is 36.7 Å². The Kier molecular flexibility index (Phi) is 1.65. The number of carbonyl (C=O) groups is 1. The van der Waals surface area contributed by atoms with Crippen LogP contribution in [0.15, 0.2) is 0 Å². The van der Waals surface area contributed by atoms with E-state index in [1.807, 2.05) is 0 Å². The summed E-state index contributed by atoms with van der Waals surface area (Å²) in [6.07, 6.45) is 5.95. The van der Waals surface area contributed by atoms with E-state index in [1.54, 1.807) is 0 Å². The minimum absolute atomic E-state index is 0.0499. The number of carbonyl (C=O) groups excluding carboxylic acids is 1. The highest BCUT2D eigenvalue weighted by atomic mass is 79.9. The van der Waals surface area contributed by atoms with Crippen molar-refractivity contribution in [3.8, 4) is 0 Å². The monoisotopic (exact) mass is 296 g/mol. The molecule has 0 aromatic carbocycles. The van der Waals surface area contributed by atoms with Crippen molar-refractivity contribution in [1.82, 2.24) is 0 Å². The van der Waals surface area contributed by atoms with Crippen LogP contribution in [-0.2, 0) is 4.79 Å². The fourth-order valence-electron chi connectivity index (χ4n) is 6.54. The molecule has 5 fully saturated rings. The van der Waals surface area contributed by atoms with Crippen LogP contribution in [0.1, 0.15) is 52.9 Å². The van der Waals surface area contributed by atoms with Crippen LogP contribution < -0.4 is 0 Å². The van der Waals surface area contributed by atoms with Gasteiger partial charge < -0.3 is 0 Å². The molecule has 0 aliphatic heterocycles. The third kappa shape index (κ3) is 0.786. The first-order valence-electron chi connectivity index (χ1n) is 6.98. The number of ketones is 1. The number of rotatable bonds is 0. The van der Waals surface area contributed by atoms with Crippen LogP contribution in [0.3, 0.4) is 0 Å². The molecule has 2 heteroatoms. The van der Waals surface area contributed by atoms with Gasteiger partial charge in [0.15, 0.2) is 0 Å². The Bertz CT molecular complexity index is 442. The van der Waals surface area contributed by atoms with E-state index in [2.05, 4.69) is 36.7 Å². The van der Waals surface area contributed by atoms with E-state index in [0.29, 0.717) is 26.9 Å². The van der Waals surface area contributed by atoms with Crippen LogP contribution in [0.5, 0.6) is 0 Å². The van der Waals surface area contributed by atoms with Crippen molar-refractivity contribution >= 4 is 21.7 Å². The molecule has 0 radical (unpaired) electrons. The first-order valence-corrected chi connectivity index (χ1v) is 7.89. The molecule has 0 unspecified atom stereocenters. The summed E-state index contributed by atoms with van der Waals surface area (Å²) in [5.74, 6) is 1.31. The van der Waals surface area contributed by atoms with Gasteiger partial charge in [0.25, 0.3) is 0 Å². The van der Waals surface area contributed by atoms with E-state index in [4.69, 9.17) is 0 Å². The molecule has 94 valence electrons. The predicted molar refractivity (Wildman–Crippen MR) is 71.1 cm³/mol. The van der Waals surface area contributed by atoms with Crippen LogP contribution in [0, 0.1) is 27.6 Å². The van der Waals surface area contributed by atoms with Gasteiger partial charge in [-0.3, -0.25) is 4.79 Å². The van der Waals surface area contributed by atoms with Crippen molar-refractivity contribution in [2.75, 3.05) is 0 Å². The van der Waals surface area contributed by atoms with Gasteiger partial charge in [-0.2, -0.15) is 0 Å². The molecule has 5 rings (SSSR count). The standard InChI is InChI=1S/C15H21BrO/c1-12(2)10(16)4-5-14-7-11(17)13(3)8-15(12,14)6-9(13)14/h9-10H,4-8H2,1-3H3/t9-,10+,13+,14+,15+/m0/s1. The third-order valence-electron chi connectivity index (χ3n) is 7.58. The Morgan fingerprint density at radius 3 is 2.65 bits per heavy atom. The van der Waals surface area contributed by atoms with Crippen molar-refractivity contribution in [3.05, 3.63) is 0 Å². The molecule has 4 bridgehead atoms. The van der Waals surface area contributed by atoms with Gasteiger partial charge in [-0.15, -0.1) is 0 Å². The first-order chi connectivity index (χ1) is 7.80. The summed E-state index contributed by atoms with van der Waals surface area (Å²) in [5.41, 5.74) is 1.29. The minimum Gasteiger partial charge on any atom is -0.299 e. The molecule has 1 nitrogen and oxygen atoms in total. The van der Waals surface area contributed by atoms with Crippen LogP contribution in [0.2, 0.25) is 0 Å². The summed E-state index contributed by atoms with van der Waals surface area (Å²) in [5, 5.41) is 0. The van der Waals surface area contributed by atoms with Crippen LogP contribution in [-0.4, -0.2) is 10.6 Å². The van der Waals surface area contributed by atoms with Gasteiger partial charge in [0.05, 0.1) is 0 Å². The zero-order valence-corrected chi connectivity index (χ0v) is 12.6. The largest absolute Gasteiger partial charge is 0.299 e. The van der Waals surface area contributed by atoms with Crippen molar-refractivity contribution in [1.29, 1.82) is 0 Å². The second-order valence-electron chi connectivity index (χ2n) is 7.92. The van der Waals surface area contributed by atoms with Crippen LogP contribution in [0.25, 0.3) is 0 Å². The van der Waals surface area contributed by atoms with Crippen molar-refractivity contribution < 1.29 is 4.79 Å². The number of hydrogen-bond acceptors (Lipinski definition) is 1. The highest BCUT2D eigenvalue weighted by molar-refractivity contribution is 9.09. The van der Waals surface area contributed by atoms with Crippen LogP contribution in [0.4, 0.5) is 0 Å². The number of alkyl halides is 1. The summed E-state index contributed by atoms with van der Waals surface area (Å²) in [6.45, 7) is 7.15. The summed E-state index contributed by atoms with van der Waals surface area (Å²) in [7, 11) is 0. The molecule has 2 spiro atoms. The second-order valence-corrected chi connectivity index (χ2v) is 9.02. The Morgan fingerprint density at radius 2 is 2.00 bits per heavy atom. The summed E-state index contributed by atoms with van der Waals surface area (Å²) in [6, 6.07) is 0. The van der Waals surface area contributed by atoms with E-state index >= 15 is 0 Å². The number of Topliss-reactive ketones (excluding diaryl/α,β-unsaturated/α-hetero) is 1. The maximum Gasteiger partial charge on any atom is 0.139 e. The minimum atomic E-state index is 0.0499. The Hall–Kier alpha value is 0.150. The fourth-order valence-corrected chi connectivity index (χ4v) is 7.20. The fraction of sp³-hybridized carbons (Fsp3) is 0.933. The number of halogens is 1. The lowest BCUT2D eigenvalue weighted by Crippen LogP contribution is -2.64. The molecular weight excluding hydrogens is 276 g/mol. The molecule has 0 aromatic rings. The highest BCUT2D eigenvalue weighted by Gasteiger charge is 2.86. The molecule has 0 heterocycles. The van der Waals surface area contributed by atoms with Gasteiger partial charge in [0.1, 0.15) is 5.78 Å². The third-order valence-corrected chi connectivity index (χ3v) is 9.19. The molecule has 0 aromatic heterocycles. The van der Waals surface area contributed by atoms with E-state index in [9.17, 15) is 4.79 Å². The normalized spacial score (nSPS) is 62.2. The van der Waals surface area contributed by atoms with Crippen molar-refractivity contribution in [2.24, 2.45) is 27.6 Å². The van der Waals surface area contributed by atoms with Gasteiger partial charge in [-0.25, -0.2) is 0 Å². The van der Waals surface area contributed by atoms with E-state index < -0.39 is 0 Å². The highest BCUT2D eigenvalue weighted by Crippen LogP contribution is 2.90. The van der Waals surface area contributed by atoms with Crippen molar-refractivity contribution in [3.63, 3.8) is 0 Å². The quantitative estimate of drug-likeness (QED) is 0.619. The number of hydrogen-bond donors (Lipinski definition) is 0. The maximum atomic E-state index is 12.3. The molecule has 5 aliphatic rings. The summed E-state index contributed by atoms with van der Waals surface area (Å²) in [4.78, 5) is 13.0. The lowest BCUT2D eigenvalue weighted by molar-refractivity contribution is -0.187. The Morgan fingerprint density at radius 1 is 1.29 bits per heavy atom. The molecule has 0 N–H and O–H groups in total. The summed E-state index contributed by atoms with van der Waals surface area (Å²) < 4.78 is 0. The van der Waals surface area contributed by atoms with Gasteiger partial charge in [0, 0.05) is 16.7 Å². The lowest BCUT2D eigenvalue weighted by Gasteiger charge is -2.69. The molecule has 0 saturated heterocycles. The Labute approximate surface area is 112 Å². The molecule has 0 amide bonds. The molecular formula is C15H21BrO. The molecule has 5 saturated carbocycles. The van der Waals surface area contributed by atoms with Crippen LogP contribution >= 0.6 is 15.9 Å². The molecule has 17 heavy (non-hydrogen) atoms. The molecule has 5 aliphatic carbocycles. The topological polar surface area (TPSA) is 17.1 Å². The second kappa shape index (κ2) is 2.55. The summed E-state index contributed by atoms with van der Waals surface area (Å²) >= 11 is 3.92. The maximum absolute atomic E-state index is 12.3. The van der Waals surface area contributed by atoms with Gasteiger partial charge >= 0.3 is 0 Å². The van der Waals surface area contributed by atoms with E-state index in [1.165, 1.54) is 25.7 Å². The van der Waals surface area contributed by atoms with E-state index in [-0.39, 0.29) is 5.41 Å². The zero-order chi connectivity index (χ0) is 12.3. The lowest BCUT2D eigenvalue weighted by atomic mass is 9.36.